The van der Waals surface area contributed by atoms with Crippen LogP contribution in [0, 0.1) is 11.6 Å². The zero-order valence-corrected chi connectivity index (χ0v) is 11.7. The van der Waals surface area contributed by atoms with Crippen LogP contribution < -0.4 is 5.32 Å². The maximum Gasteiger partial charge on any atom is 0.307 e. The van der Waals surface area contributed by atoms with Crippen LogP contribution in [0.1, 0.15) is 36.5 Å². The van der Waals surface area contributed by atoms with E-state index in [4.69, 9.17) is 4.74 Å². The highest BCUT2D eigenvalue weighted by atomic mass is 19.2. The monoisotopic (exact) mass is 297 g/mol. The molecule has 2 rings (SSSR count). The fourth-order valence-electron chi connectivity index (χ4n) is 2.00. The van der Waals surface area contributed by atoms with Gasteiger partial charge < -0.3 is 10.1 Å². The molecule has 0 aromatic heterocycles. The van der Waals surface area contributed by atoms with E-state index in [0.717, 1.165) is 25.0 Å². The van der Waals surface area contributed by atoms with Gasteiger partial charge in [-0.05, 0) is 38.0 Å². The number of nitrogens with one attached hydrogen (secondary N) is 1. The fraction of sp³-hybridized carbons (Fsp3) is 0.467. The number of esters is 1. The second-order valence-electron chi connectivity index (χ2n) is 5.00. The smallest absolute Gasteiger partial charge is 0.307 e. The van der Waals surface area contributed by atoms with Gasteiger partial charge in [-0.2, -0.15) is 0 Å². The summed E-state index contributed by atoms with van der Waals surface area (Å²) >= 11 is 0. The lowest BCUT2D eigenvalue weighted by Gasteiger charge is -2.16. The van der Waals surface area contributed by atoms with Gasteiger partial charge in [-0.15, -0.1) is 0 Å². The summed E-state index contributed by atoms with van der Waals surface area (Å²) in [5.74, 6) is -3.02. The number of ketones is 1. The van der Waals surface area contributed by atoms with Crippen molar-refractivity contribution in [3.05, 3.63) is 35.4 Å². The molecule has 1 aliphatic carbocycles. The van der Waals surface area contributed by atoms with Crippen molar-refractivity contribution >= 4 is 11.8 Å². The molecule has 1 aromatic carbocycles. The van der Waals surface area contributed by atoms with E-state index in [1.807, 2.05) is 0 Å². The second-order valence-corrected chi connectivity index (χ2v) is 5.00. The zero-order chi connectivity index (χ0) is 15.4. The fourth-order valence-corrected chi connectivity index (χ4v) is 2.00. The van der Waals surface area contributed by atoms with E-state index in [0.29, 0.717) is 0 Å². The molecule has 6 heteroatoms. The number of Topliss-reactive ketones (excluding diaryl/α,β-unsaturated/α-hetero) is 1. The molecule has 1 saturated carbocycles. The van der Waals surface area contributed by atoms with Crippen molar-refractivity contribution in [2.45, 2.75) is 38.3 Å². The van der Waals surface area contributed by atoms with Gasteiger partial charge in [0.2, 0.25) is 0 Å². The van der Waals surface area contributed by atoms with E-state index in [1.165, 1.54) is 6.07 Å². The number of halogens is 2. The molecular formula is C15H17F2NO3. The minimum absolute atomic E-state index is 0.0383. The number of hydrogen-bond acceptors (Lipinski definition) is 4. The van der Waals surface area contributed by atoms with Gasteiger partial charge in [0.05, 0.1) is 19.1 Å². The summed E-state index contributed by atoms with van der Waals surface area (Å²) < 4.78 is 31.0. The Morgan fingerprint density at radius 1 is 1.33 bits per heavy atom. The standard InChI is InChI=1S/C15H17F2NO3/c1-2-21-14(19)8-13(18-10-4-5-10)15(20)9-3-6-11(16)12(17)7-9/h3,6-7,10,13,18H,2,4-5,8H2,1H3. The molecular weight excluding hydrogens is 280 g/mol. The average Bonchev–Trinajstić information content (AvgIpc) is 3.24. The molecule has 0 bridgehead atoms. The van der Waals surface area contributed by atoms with Gasteiger partial charge in [0, 0.05) is 11.6 Å². The van der Waals surface area contributed by atoms with Gasteiger partial charge >= 0.3 is 5.97 Å². The Labute approximate surface area is 121 Å². The molecule has 0 saturated heterocycles. The van der Waals surface area contributed by atoms with Crippen LogP contribution in [0.2, 0.25) is 0 Å². The van der Waals surface area contributed by atoms with Gasteiger partial charge in [0.15, 0.2) is 17.4 Å². The predicted molar refractivity (Wildman–Crippen MR) is 71.9 cm³/mol. The van der Waals surface area contributed by atoms with Crippen molar-refractivity contribution < 1.29 is 23.1 Å². The summed E-state index contributed by atoms with van der Waals surface area (Å²) in [5.41, 5.74) is 0.0383. The van der Waals surface area contributed by atoms with Crippen LogP contribution in [0.25, 0.3) is 0 Å². The number of carbonyl (C=O) groups is 2. The molecule has 1 N–H and O–H groups in total. The van der Waals surface area contributed by atoms with Gasteiger partial charge in [-0.3, -0.25) is 9.59 Å². The van der Waals surface area contributed by atoms with Crippen molar-refractivity contribution in [1.82, 2.24) is 5.32 Å². The second kappa shape index (κ2) is 6.76. The molecule has 0 aliphatic heterocycles. The van der Waals surface area contributed by atoms with E-state index in [1.54, 1.807) is 6.92 Å². The molecule has 1 aromatic rings. The SMILES string of the molecule is CCOC(=O)CC(NC1CC1)C(=O)c1ccc(F)c(F)c1. The van der Waals surface area contributed by atoms with Crippen LogP contribution in [-0.2, 0) is 9.53 Å². The van der Waals surface area contributed by atoms with E-state index >= 15 is 0 Å². The first kappa shape index (κ1) is 15.6. The maximum absolute atomic E-state index is 13.2. The highest BCUT2D eigenvalue weighted by molar-refractivity contribution is 6.01. The van der Waals surface area contributed by atoms with Crippen LogP contribution in [0.3, 0.4) is 0 Å². The van der Waals surface area contributed by atoms with E-state index in [-0.39, 0.29) is 24.6 Å². The molecule has 0 spiro atoms. The van der Waals surface area contributed by atoms with Crippen LogP contribution >= 0.6 is 0 Å². The lowest BCUT2D eigenvalue weighted by molar-refractivity contribution is -0.143. The van der Waals surface area contributed by atoms with Crippen molar-refractivity contribution in [2.24, 2.45) is 0 Å². The summed E-state index contributed by atoms with van der Waals surface area (Å²) in [7, 11) is 0. The Kier molecular flexibility index (Phi) is 5.01. The highest BCUT2D eigenvalue weighted by Crippen LogP contribution is 2.21. The Morgan fingerprint density at radius 3 is 2.62 bits per heavy atom. The van der Waals surface area contributed by atoms with Gasteiger partial charge in [0.25, 0.3) is 0 Å². The topological polar surface area (TPSA) is 55.4 Å². The largest absolute Gasteiger partial charge is 0.466 e. The average molecular weight is 297 g/mol. The predicted octanol–water partition coefficient (Wildman–Crippen LogP) is 2.22. The van der Waals surface area contributed by atoms with Crippen molar-refractivity contribution in [3.8, 4) is 0 Å². The normalized spacial score (nSPS) is 15.6. The Bertz CT molecular complexity index is 544. The maximum atomic E-state index is 13.2. The first-order valence-electron chi connectivity index (χ1n) is 6.92. The first-order valence-corrected chi connectivity index (χ1v) is 6.92. The molecule has 1 aliphatic rings. The van der Waals surface area contributed by atoms with Crippen LogP contribution in [0.5, 0.6) is 0 Å². The third-order valence-electron chi connectivity index (χ3n) is 3.21. The summed E-state index contributed by atoms with van der Waals surface area (Å²) in [6.07, 6.45) is 1.75. The summed E-state index contributed by atoms with van der Waals surface area (Å²) in [4.78, 5) is 23.9. The lowest BCUT2D eigenvalue weighted by atomic mass is 10.0. The lowest BCUT2D eigenvalue weighted by Crippen LogP contribution is -2.40. The summed E-state index contributed by atoms with van der Waals surface area (Å²) in [6, 6.07) is 2.39. The molecule has 0 radical (unpaired) electrons. The molecule has 0 amide bonds. The molecule has 114 valence electrons. The minimum Gasteiger partial charge on any atom is -0.466 e. The zero-order valence-electron chi connectivity index (χ0n) is 11.7. The van der Waals surface area contributed by atoms with Gasteiger partial charge in [-0.1, -0.05) is 0 Å². The van der Waals surface area contributed by atoms with Crippen LogP contribution in [-0.4, -0.2) is 30.4 Å². The quantitative estimate of drug-likeness (QED) is 0.619. The van der Waals surface area contributed by atoms with E-state index in [2.05, 4.69) is 5.32 Å². The Hall–Kier alpha value is -1.82. The summed E-state index contributed by atoms with van der Waals surface area (Å²) in [5, 5.41) is 3.05. The summed E-state index contributed by atoms with van der Waals surface area (Å²) in [6.45, 7) is 1.91. The molecule has 0 heterocycles. The molecule has 1 atom stereocenters. The molecule has 21 heavy (non-hydrogen) atoms. The molecule has 1 unspecified atom stereocenters. The Balaban J connectivity index is 2.11. The number of carbonyl (C=O) groups excluding carboxylic acids is 2. The minimum atomic E-state index is -1.08. The first-order chi connectivity index (χ1) is 10.0. The van der Waals surface area contributed by atoms with E-state index in [9.17, 15) is 18.4 Å². The van der Waals surface area contributed by atoms with Crippen molar-refractivity contribution in [3.63, 3.8) is 0 Å². The number of benzene rings is 1. The van der Waals surface area contributed by atoms with Crippen LogP contribution in [0.15, 0.2) is 18.2 Å². The van der Waals surface area contributed by atoms with E-state index < -0.39 is 29.4 Å². The number of ether oxygens (including phenoxy) is 1. The third kappa shape index (κ3) is 4.32. The number of rotatable bonds is 7. The van der Waals surface area contributed by atoms with Crippen molar-refractivity contribution in [2.75, 3.05) is 6.61 Å². The van der Waals surface area contributed by atoms with Crippen LogP contribution in [0.4, 0.5) is 8.78 Å². The van der Waals surface area contributed by atoms with Crippen molar-refractivity contribution in [1.29, 1.82) is 0 Å². The number of hydrogen-bond donors (Lipinski definition) is 1. The van der Waals surface area contributed by atoms with Gasteiger partial charge in [0.1, 0.15) is 0 Å². The molecule has 1 fully saturated rings. The highest BCUT2D eigenvalue weighted by Gasteiger charge is 2.31. The van der Waals surface area contributed by atoms with Gasteiger partial charge in [-0.25, -0.2) is 8.78 Å². The molecule has 4 nitrogen and oxygen atoms in total. The Morgan fingerprint density at radius 2 is 2.05 bits per heavy atom. The third-order valence-corrected chi connectivity index (χ3v) is 3.21.